The number of nitrogens with zero attached hydrogens (tertiary/aromatic N) is 2. The predicted octanol–water partition coefficient (Wildman–Crippen LogP) is 0.703. The fraction of sp³-hybridized carbons (Fsp3) is 0.476. The lowest BCUT2D eigenvalue weighted by Crippen LogP contribution is -3.00. The number of quaternary nitrogens is 1. The van der Waals surface area contributed by atoms with Gasteiger partial charge in [0.2, 0.25) is 0 Å². The number of hydrogen-bond donors (Lipinski definition) is 1. The Kier molecular flexibility index (Phi) is 5.51. The van der Waals surface area contributed by atoms with Gasteiger partial charge in [-0.25, -0.2) is 0 Å². The van der Waals surface area contributed by atoms with Gasteiger partial charge in [0.25, 0.3) is 0 Å². The number of rotatable bonds is 4. The molecule has 25 heavy (non-hydrogen) atoms. The van der Waals surface area contributed by atoms with Crippen LogP contribution in [0, 0.1) is 11.8 Å². The average Bonchev–Trinajstić information content (AvgIpc) is 2.67. The molecule has 0 radical (unpaired) electrons. The Balaban J connectivity index is 0.00000182. The van der Waals surface area contributed by atoms with Crippen LogP contribution >= 0.6 is 0 Å². The fourth-order valence-corrected chi connectivity index (χ4v) is 5.23. The van der Waals surface area contributed by atoms with Gasteiger partial charge in [-0.1, -0.05) is 24.3 Å². The molecule has 1 N–H and O–H groups in total. The summed E-state index contributed by atoms with van der Waals surface area (Å²) in [4.78, 5) is 4.45. The topological polar surface area (TPSA) is 33.1 Å². The Labute approximate surface area is 167 Å². The third-order valence-corrected chi connectivity index (χ3v) is 6.67. The van der Waals surface area contributed by atoms with Crippen LogP contribution in [0.4, 0.5) is 0 Å². The molecule has 1 aromatic carbocycles. The first-order valence-electron chi connectivity index (χ1n) is 9.18. The highest BCUT2D eigenvalue weighted by atomic mass is 127. The van der Waals surface area contributed by atoms with Crippen LogP contribution in [0.3, 0.4) is 0 Å². The van der Waals surface area contributed by atoms with Crippen LogP contribution in [0.2, 0.25) is 0 Å². The van der Waals surface area contributed by atoms with Gasteiger partial charge in [-0.15, -0.1) is 6.58 Å². The van der Waals surface area contributed by atoms with Crippen molar-refractivity contribution < 1.29 is 33.6 Å². The lowest BCUT2D eigenvalue weighted by atomic mass is 9.71. The van der Waals surface area contributed by atoms with Crippen molar-refractivity contribution in [3.63, 3.8) is 0 Å². The van der Waals surface area contributed by atoms with Crippen molar-refractivity contribution in [3.8, 4) is 0 Å². The van der Waals surface area contributed by atoms with Gasteiger partial charge in [-0.05, 0) is 30.5 Å². The number of piperidine rings is 3. The largest absolute Gasteiger partial charge is 1.00 e. The van der Waals surface area contributed by atoms with Crippen molar-refractivity contribution in [2.45, 2.75) is 31.9 Å². The van der Waals surface area contributed by atoms with Crippen LogP contribution in [0.5, 0.6) is 0 Å². The second-order valence-electron chi connectivity index (χ2n) is 7.55. The van der Waals surface area contributed by atoms with Gasteiger partial charge >= 0.3 is 0 Å². The highest BCUT2D eigenvalue weighted by Gasteiger charge is 2.53. The first-order valence-corrected chi connectivity index (χ1v) is 9.18. The normalized spacial score (nSPS) is 32.2. The molecule has 3 saturated heterocycles. The third kappa shape index (κ3) is 3.02. The van der Waals surface area contributed by atoms with E-state index in [9.17, 15) is 5.11 Å². The van der Waals surface area contributed by atoms with Gasteiger partial charge in [0.15, 0.2) is 0 Å². The van der Waals surface area contributed by atoms with Crippen molar-refractivity contribution in [1.82, 2.24) is 4.98 Å². The number of aromatic nitrogens is 1. The number of fused-ring (bicyclic) bond motifs is 4. The van der Waals surface area contributed by atoms with Gasteiger partial charge in [-0.2, -0.15) is 0 Å². The molecule has 0 aliphatic carbocycles. The van der Waals surface area contributed by atoms with Gasteiger partial charge in [0.05, 0.1) is 25.2 Å². The van der Waals surface area contributed by atoms with E-state index in [4.69, 9.17) is 0 Å². The molecular formula is C21H27IN2O. The molecule has 0 amide bonds. The van der Waals surface area contributed by atoms with Crippen LogP contribution in [-0.2, 0) is 0 Å². The zero-order valence-corrected chi connectivity index (χ0v) is 17.0. The Hall–Kier alpha value is -0.980. The van der Waals surface area contributed by atoms with Gasteiger partial charge < -0.3 is 33.6 Å². The number of hydrogen-bond acceptors (Lipinski definition) is 2. The SMILES string of the molecule is C=CC1C[N+]2(CC)CCC1CC2[C@H](O)c1ccnc2ccccc12.[I-]. The summed E-state index contributed by atoms with van der Waals surface area (Å²) in [7, 11) is 0. The highest BCUT2D eigenvalue weighted by molar-refractivity contribution is 5.82. The second-order valence-corrected chi connectivity index (χ2v) is 7.55. The summed E-state index contributed by atoms with van der Waals surface area (Å²) >= 11 is 0. The molecule has 5 atom stereocenters. The van der Waals surface area contributed by atoms with Crippen molar-refractivity contribution in [2.24, 2.45) is 11.8 Å². The molecule has 4 heteroatoms. The van der Waals surface area contributed by atoms with Crippen LogP contribution < -0.4 is 24.0 Å². The van der Waals surface area contributed by atoms with Gasteiger partial charge in [0, 0.05) is 30.3 Å². The average molecular weight is 450 g/mol. The Bertz CT molecular complexity index is 759. The van der Waals surface area contributed by atoms with Crippen molar-refractivity contribution in [2.75, 3.05) is 19.6 Å². The molecule has 4 heterocycles. The molecule has 2 bridgehead atoms. The van der Waals surface area contributed by atoms with E-state index in [1.165, 1.54) is 13.0 Å². The van der Waals surface area contributed by atoms with E-state index < -0.39 is 6.10 Å². The molecule has 0 spiro atoms. The van der Waals surface area contributed by atoms with Crippen LogP contribution in [0.25, 0.3) is 10.9 Å². The molecule has 134 valence electrons. The number of para-hydroxylation sites is 1. The maximum atomic E-state index is 11.4. The molecule has 1 aromatic heterocycles. The summed E-state index contributed by atoms with van der Waals surface area (Å²) in [6, 6.07) is 10.4. The second kappa shape index (κ2) is 7.33. The molecule has 4 unspecified atom stereocenters. The molecular weight excluding hydrogens is 423 g/mol. The summed E-state index contributed by atoms with van der Waals surface area (Å²) in [5.74, 6) is 1.29. The predicted molar refractivity (Wildman–Crippen MR) is 97.4 cm³/mol. The maximum absolute atomic E-state index is 11.4. The number of benzene rings is 1. The first kappa shape index (κ1) is 18.8. The van der Waals surface area contributed by atoms with E-state index in [2.05, 4.69) is 30.6 Å². The quantitative estimate of drug-likeness (QED) is 0.423. The standard InChI is InChI=1S/C21H27N2O.HI/c1-3-15-14-23(4-2)12-10-16(15)13-20(23)21(24)18-9-11-22-19-8-6-5-7-17(18)19;/h3,5-9,11,15-16,20-21,24H,1,4,10,12-14H2,2H3;1H/q+1;/p-1/t15?,16?,20?,21-,23?;/m1./s1. The van der Waals surface area contributed by atoms with Gasteiger partial charge in [-0.3, -0.25) is 4.98 Å². The van der Waals surface area contributed by atoms with Crippen molar-refractivity contribution in [1.29, 1.82) is 0 Å². The minimum Gasteiger partial charge on any atom is -1.00 e. The molecule has 3 nitrogen and oxygen atoms in total. The number of likely N-dealkylation sites (N-methyl/N-ethyl adjacent to an activating group) is 1. The molecule has 3 aliphatic heterocycles. The van der Waals surface area contributed by atoms with Crippen LogP contribution in [-0.4, -0.2) is 40.2 Å². The Morgan fingerprint density at radius 3 is 2.92 bits per heavy atom. The fourth-order valence-electron chi connectivity index (χ4n) is 5.23. The zero-order valence-electron chi connectivity index (χ0n) is 14.8. The number of halogens is 1. The first-order chi connectivity index (χ1) is 11.7. The molecule has 3 aliphatic rings. The minimum absolute atomic E-state index is 0. The molecule has 5 rings (SSSR count). The van der Waals surface area contributed by atoms with Crippen molar-refractivity contribution >= 4 is 10.9 Å². The third-order valence-electron chi connectivity index (χ3n) is 6.67. The summed E-state index contributed by atoms with van der Waals surface area (Å²) in [6.45, 7) is 9.74. The van der Waals surface area contributed by atoms with E-state index in [1.807, 2.05) is 30.5 Å². The lowest BCUT2D eigenvalue weighted by Gasteiger charge is -2.57. The Morgan fingerprint density at radius 2 is 2.16 bits per heavy atom. The van der Waals surface area contributed by atoms with Crippen molar-refractivity contribution in [3.05, 3.63) is 54.7 Å². The molecule has 2 aromatic rings. The zero-order chi connectivity index (χ0) is 16.7. The lowest BCUT2D eigenvalue weighted by molar-refractivity contribution is -0.971. The van der Waals surface area contributed by atoms with Crippen LogP contribution in [0.15, 0.2) is 49.2 Å². The highest BCUT2D eigenvalue weighted by Crippen LogP contribution is 2.46. The maximum Gasteiger partial charge on any atom is 0.131 e. The van der Waals surface area contributed by atoms with Crippen LogP contribution in [0.1, 0.15) is 31.4 Å². The monoisotopic (exact) mass is 450 g/mol. The molecule has 3 fully saturated rings. The number of pyridine rings is 1. The summed E-state index contributed by atoms with van der Waals surface area (Å²) in [6.07, 6.45) is 5.93. The minimum atomic E-state index is -0.425. The summed E-state index contributed by atoms with van der Waals surface area (Å²) < 4.78 is 1.03. The van der Waals surface area contributed by atoms with E-state index >= 15 is 0 Å². The van der Waals surface area contributed by atoms with E-state index in [1.54, 1.807) is 0 Å². The molecule has 0 saturated carbocycles. The number of aliphatic hydroxyl groups is 1. The van der Waals surface area contributed by atoms with Gasteiger partial charge in [0.1, 0.15) is 12.1 Å². The summed E-state index contributed by atoms with van der Waals surface area (Å²) in [5, 5.41) is 12.4. The van der Waals surface area contributed by atoms with E-state index in [-0.39, 0.29) is 30.0 Å². The Morgan fingerprint density at radius 1 is 1.36 bits per heavy atom. The number of aliphatic hydroxyl groups excluding tert-OH is 1. The summed E-state index contributed by atoms with van der Waals surface area (Å²) in [5.41, 5.74) is 2.01. The van der Waals surface area contributed by atoms with E-state index in [0.717, 1.165) is 40.5 Å². The smallest absolute Gasteiger partial charge is 0.131 e. The van der Waals surface area contributed by atoms with E-state index in [0.29, 0.717) is 11.8 Å².